The third kappa shape index (κ3) is 3.19. The first-order valence-electron chi connectivity index (χ1n) is 9.51. The Morgan fingerprint density at radius 1 is 1.00 bits per heavy atom. The molecule has 1 aliphatic heterocycles. The molecule has 0 aliphatic carbocycles. The number of nitrogens with zero attached hydrogens (tertiary/aromatic N) is 1. The van der Waals surface area contributed by atoms with Crippen LogP contribution in [0.15, 0.2) is 59.5 Å². The van der Waals surface area contributed by atoms with Gasteiger partial charge in [0.25, 0.3) is 11.7 Å². The van der Waals surface area contributed by atoms with Gasteiger partial charge >= 0.3 is 0 Å². The number of carbonyl (C=O) groups is 2. The molecule has 0 spiro atoms. The topological polar surface area (TPSA) is 77.8 Å². The summed E-state index contributed by atoms with van der Waals surface area (Å²) in [5, 5.41) is 23.4. The predicted octanol–water partition coefficient (Wildman–Crippen LogP) is 5.01. The van der Waals surface area contributed by atoms with Crippen LogP contribution in [0.1, 0.15) is 33.2 Å². The van der Waals surface area contributed by atoms with Crippen molar-refractivity contribution in [1.82, 2.24) is 0 Å². The van der Waals surface area contributed by atoms with Gasteiger partial charge in [-0.3, -0.25) is 14.5 Å². The quantitative estimate of drug-likeness (QED) is 0.356. The van der Waals surface area contributed by atoms with Crippen molar-refractivity contribution in [2.24, 2.45) is 0 Å². The molecule has 2 heterocycles. The second-order valence-corrected chi connectivity index (χ2v) is 8.45. The van der Waals surface area contributed by atoms with Crippen molar-refractivity contribution in [3.63, 3.8) is 0 Å². The van der Waals surface area contributed by atoms with Crippen LogP contribution in [0, 0.1) is 20.8 Å². The highest BCUT2D eigenvalue weighted by atomic mass is 32.1. The Labute approximate surface area is 178 Å². The summed E-state index contributed by atoms with van der Waals surface area (Å²) in [7, 11) is 0. The van der Waals surface area contributed by atoms with Gasteiger partial charge in [0, 0.05) is 10.4 Å². The molecular formula is C24H21NO4S. The zero-order valence-corrected chi connectivity index (χ0v) is 17.7. The van der Waals surface area contributed by atoms with E-state index in [1.165, 1.54) is 22.3 Å². The van der Waals surface area contributed by atoms with Gasteiger partial charge in [0.15, 0.2) is 0 Å². The predicted molar refractivity (Wildman–Crippen MR) is 118 cm³/mol. The lowest BCUT2D eigenvalue weighted by Crippen LogP contribution is -2.29. The van der Waals surface area contributed by atoms with Crippen molar-refractivity contribution in [2.45, 2.75) is 26.8 Å². The minimum absolute atomic E-state index is 0.0200. The normalized spacial score (nSPS) is 18.2. The van der Waals surface area contributed by atoms with E-state index < -0.39 is 17.7 Å². The standard InChI is InChI=1S/C24H21NO4S/c1-13-6-9-18(26)17(11-13)25-21(19-5-4-10-30-19)20(23(28)24(25)29)22(27)16-8-7-14(2)15(3)12-16/h4-12,21,26-27H,1-3H3/b22-20-. The number of phenols is 1. The van der Waals surface area contributed by atoms with Gasteiger partial charge in [-0.05, 0) is 67.1 Å². The highest BCUT2D eigenvalue weighted by Gasteiger charge is 2.48. The molecule has 2 N–H and O–H groups in total. The third-order valence-corrected chi connectivity index (χ3v) is 6.35. The number of benzene rings is 2. The molecule has 0 bridgehead atoms. The molecule has 5 nitrogen and oxygen atoms in total. The Kier molecular flexibility index (Phi) is 4.95. The van der Waals surface area contributed by atoms with Crippen LogP contribution in [0.5, 0.6) is 5.75 Å². The van der Waals surface area contributed by atoms with Gasteiger partial charge < -0.3 is 10.2 Å². The second kappa shape index (κ2) is 7.46. The van der Waals surface area contributed by atoms with E-state index in [1.54, 1.807) is 24.3 Å². The van der Waals surface area contributed by atoms with E-state index in [1.807, 2.05) is 44.4 Å². The summed E-state index contributed by atoms with van der Waals surface area (Å²) < 4.78 is 0. The number of ketones is 1. The first-order chi connectivity index (χ1) is 14.3. The zero-order chi connectivity index (χ0) is 21.6. The maximum Gasteiger partial charge on any atom is 0.300 e. The highest BCUT2D eigenvalue weighted by molar-refractivity contribution is 7.10. The molecule has 4 rings (SSSR count). The minimum Gasteiger partial charge on any atom is -0.507 e. The Morgan fingerprint density at radius 2 is 1.77 bits per heavy atom. The maximum absolute atomic E-state index is 13.1. The van der Waals surface area contributed by atoms with Crippen LogP contribution in [0.3, 0.4) is 0 Å². The molecule has 1 atom stereocenters. The van der Waals surface area contributed by atoms with Crippen molar-refractivity contribution in [3.05, 3.63) is 86.6 Å². The summed E-state index contributed by atoms with van der Waals surface area (Å²) in [4.78, 5) is 28.1. The lowest BCUT2D eigenvalue weighted by atomic mass is 9.97. The Hall–Kier alpha value is -3.38. The van der Waals surface area contributed by atoms with E-state index in [2.05, 4.69) is 0 Å². The van der Waals surface area contributed by atoms with Gasteiger partial charge in [-0.25, -0.2) is 0 Å². The molecule has 0 radical (unpaired) electrons. The lowest BCUT2D eigenvalue weighted by molar-refractivity contribution is -0.132. The molecule has 1 fully saturated rings. The van der Waals surface area contributed by atoms with E-state index >= 15 is 0 Å². The minimum atomic E-state index is -0.820. The van der Waals surface area contributed by atoms with E-state index in [0.717, 1.165) is 21.6 Å². The monoisotopic (exact) mass is 419 g/mol. The fourth-order valence-electron chi connectivity index (χ4n) is 3.67. The summed E-state index contributed by atoms with van der Waals surface area (Å²) in [5.74, 6) is -1.87. The number of aromatic hydroxyl groups is 1. The molecule has 0 saturated carbocycles. The Morgan fingerprint density at radius 3 is 2.43 bits per heavy atom. The third-order valence-electron chi connectivity index (χ3n) is 5.43. The van der Waals surface area contributed by atoms with Gasteiger partial charge in [0.05, 0.1) is 11.3 Å². The molecule has 6 heteroatoms. The zero-order valence-electron chi connectivity index (χ0n) is 16.8. The smallest absolute Gasteiger partial charge is 0.300 e. The first kappa shape index (κ1) is 19.9. The van der Waals surface area contributed by atoms with Crippen molar-refractivity contribution in [3.8, 4) is 5.75 Å². The van der Waals surface area contributed by atoms with Crippen LogP contribution in [0.2, 0.25) is 0 Å². The van der Waals surface area contributed by atoms with Crippen LogP contribution in [0.25, 0.3) is 5.76 Å². The number of anilines is 1. The second-order valence-electron chi connectivity index (χ2n) is 7.48. The van der Waals surface area contributed by atoms with E-state index in [9.17, 15) is 19.8 Å². The molecule has 1 saturated heterocycles. The summed E-state index contributed by atoms with van der Waals surface area (Å²) in [6, 6.07) is 13.1. The fraction of sp³-hybridized carbons (Fsp3) is 0.167. The van der Waals surface area contributed by atoms with Gasteiger partial charge in [0.1, 0.15) is 17.6 Å². The van der Waals surface area contributed by atoms with Gasteiger partial charge in [-0.15, -0.1) is 11.3 Å². The number of aliphatic hydroxyl groups excluding tert-OH is 1. The van der Waals surface area contributed by atoms with Crippen molar-refractivity contribution in [2.75, 3.05) is 4.90 Å². The number of amides is 1. The lowest BCUT2D eigenvalue weighted by Gasteiger charge is -2.25. The largest absolute Gasteiger partial charge is 0.507 e. The average molecular weight is 420 g/mol. The molecule has 1 unspecified atom stereocenters. The van der Waals surface area contributed by atoms with E-state index in [4.69, 9.17) is 0 Å². The number of aryl methyl sites for hydroxylation is 3. The van der Waals surface area contributed by atoms with Crippen molar-refractivity contribution in [1.29, 1.82) is 0 Å². The molecule has 2 aromatic carbocycles. The number of Topliss-reactive ketones (excluding diaryl/α,β-unsaturated/α-hetero) is 1. The maximum atomic E-state index is 13.1. The highest BCUT2D eigenvalue weighted by Crippen LogP contribution is 2.46. The van der Waals surface area contributed by atoms with Crippen LogP contribution in [-0.4, -0.2) is 21.9 Å². The molecule has 152 valence electrons. The van der Waals surface area contributed by atoms with Gasteiger partial charge in [-0.2, -0.15) is 0 Å². The van der Waals surface area contributed by atoms with Crippen LogP contribution in [0.4, 0.5) is 5.69 Å². The first-order valence-corrected chi connectivity index (χ1v) is 10.4. The SMILES string of the molecule is Cc1ccc(O)c(N2C(=O)C(=O)/C(=C(\O)c3ccc(C)c(C)c3)C2c2cccs2)c1. The summed E-state index contributed by atoms with van der Waals surface area (Å²) in [6.07, 6.45) is 0. The van der Waals surface area contributed by atoms with E-state index in [-0.39, 0.29) is 22.8 Å². The fourth-order valence-corrected chi connectivity index (χ4v) is 4.49. The van der Waals surface area contributed by atoms with Crippen LogP contribution >= 0.6 is 11.3 Å². The number of phenolic OH excluding ortho intramolecular Hbond substituents is 1. The number of thiophene rings is 1. The van der Waals surface area contributed by atoms with E-state index in [0.29, 0.717) is 5.56 Å². The van der Waals surface area contributed by atoms with Crippen LogP contribution in [-0.2, 0) is 9.59 Å². The average Bonchev–Trinajstić information content (AvgIpc) is 3.33. The van der Waals surface area contributed by atoms with Crippen molar-refractivity contribution < 1.29 is 19.8 Å². The number of hydrogen-bond donors (Lipinski definition) is 2. The molecule has 30 heavy (non-hydrogen) atoms. The van der Waals surface area contributed by atoms with Gasteiger partial charge in [0.2, 0.25) is 0 Å². The summed E-state index contributed by atoms with van der Waals surface area (Å²) in [5.41, 5.74) is 3.61. The molecule has 1 aliphatic rings. The molecule has 1 amide bonds. The molecule has 3 aromatic rings. The number of carbonyl (C=O) groups excluding carboxylic acids is 2. The number of rotatable bonds is 3. The van der Waals surface area contributed by atoms with Crippen molar-refractivity contribution >= 4 is 34.5 Å². The molecular weight excluding hydrogens is 398 g/mol. The molecule has 1 aromatic heterocycles. The van der Waals surface area contributed by atoms with Crippen LogP contribution < -0.4 is 4.90 Å². The summed E-state index contributed by atoms with van der Waals surface area (Å²) in [6.45, 7) is 5.73. The Balaban J connectivity index is 1.96. The summed E-state index contributed by atoms with van der Waals surface area (Å²) >= 11 is 1.38. The van der Waals surface area contributed by atoms with Gasteiger partial charge in [-0.1, -0.05) is 24.3 Å². The Bertz CT molecular complexity index is 1190. The number of aliphatic hydroxyl groups is 1. The number of hydrogen-bond acceptors (Lipinski definition) is 5.